The van der Waals surface area contributed by atoms with Gasteiger partial charge in [0.2, 0.25) is 5.89 Å². The monoisotopic (exact) mass is 407 g/mol. The molecule has 0 spiro atoms. The molecule has 0 unspecified atom stereocenters. The number of rotatable bonds is 6. The van der Waals surface area contributed by atoms with Crippen LogP contribution in [0.5, 0.6) is 0 Å². The molecule has 1 heterocycles. The van der Waals surface area contributed by atoms with E-state index >= 15 is 0 Å². The van der Waals surface area contributed by atoms with Gasteiger partial charge in [-0.2, -0.15) is 13.2 Å². The smallest absolute Gasteiger partial charge is 0.403 e. The van der Waals surface area contributed by atoms with E-state index in [-0.39, 0.29) is 34.1 Å². The number of hydrogen-bond donors (Lipinski definition) is 1. The molecule has 2 aromatic carbocycles. The van der Waals surface area contributed by atoms with E-state index in [1.807, 2.05) is 25.1 Å². The van der Waals surface area contributed by atoms with Crippen molar-refractivity contribution >= 4 is 23.7 Å². The first kappa shape index (κ1) is 19.9. The third kappa shape index (κ3) is 5.13. The van der Waals surface area contributed by atoms with Crippen molar-refractivity contribution in [3.8, 4) is 11.5 Å². The second kappa shape index (κ2) is 8.47. The quantitative estimate of drug-likeness (QED) is 0.543. The average molecular weight is 407 g/mol. The van der Waals surface area contributed by atoms with Gasteiger partial charge >= 0.3 is 11.5 Å². The number of carbonyl (C=O) groups excluding carboxylic acids is 1. The highest BCUT2D eigenvalue weighted by molar-refractivity contribution is 8.00. The lowest BCUT2D eigenvalue weighted by atomic mass is 10.0. The zero-order valence-corrected chi connectivity index (χ0v) is 15.6. The fourth-order valence-corrected chi connectivity index (χ4v) is 3.21. The molecular weight excluding hydrogens is 391 g/mol. The predicted molar refractivity (Wildman–Crippen MR) is 100 cm³/mol. The van der Waals surface area contributed by atoms with Crippen molar-refractivity contribution in [1.82, 2.24) is 10.2 Å². The summed E-state index contributed by atoms with van der Waals surface area (Å²) in [6.45, 7) is 1.88. The van der Waals surface area contributed by atoms with Gasteiger partial charge in [0.1, 0.15) is 0 Å². The van der Waals surface area contributed by atoms with Crippen molar-refractivity contribution in [2.75, 3.05) is 5.32 Å². The molecule has 0 radical (unpaired) electrons. The lowest BCUT2D eigenvalue weighted by Gasteiger charge is -2.11. The van der Waals surface area contributed by atoms with Crippen molar-refractivity contribution in [3.63, 3.8) is 0 Å². The molecule has 5 nitrogen and oxygen atoms in total. The number of nitrogens with zero attached hydrogens (tertiary/aromatic N) is 2. The molecule has 1 N–H and O–H groups in total. The Hall–Kier alpha value is -2.81. The fourth-order valence-electron chi connectivity index (χ4n) is 2.60. The molecule has 3 aromatic rings. The Bertz CT molecular complexity index is 959. The summed E-state index contributed by atoms with van der Waals surface area (Å²) in [5.74, 6) is -0.267. The summed E-state index contributed by atoms with van der Waals surface area (Å²) >= 11 is -0.206. The van der Waals surface area contributed by atoms with Crippen LogP contribution >= 0.6 is 11.8 Å². The number of hydrogen-bond acceptors (Lipinski definition) is 5. The first-order valence-electron chi connectivity index (χ1n) is 8.44. The van der Waals surface area contributed by atoms with E-state index in [0.717, 1.165) is 0 Å². The van der Waals surface area contributed by atoms with Gasteiger partial charge in [0.05, 0.1) is 0 Å². The van der Waals surface area contributed by atoms with E-state index < -0.39 is 11.4 Å². The number of alkyl halides is 3. The van der Waals surface area contributed by atoms with Crippen molar-refractivity contribution in [1.29, 1.82) is 0 Å². The molecular formula is C19H16F3N3O2S. The summed E-state index contributed by atoms with van der Waals surface area (Å²) in [5, 5.41) is 10.2. The van der Waals surface area contributed by atoms with Crippen LogP contribution in [0.25, 0.3) is 11.5 Å². The topological polar surface area (TPSA) is 68.0 Å². The van der Waals surface area contributed by atoms with E-state index in [1.54, 1.807) is 12.1 Å². The van der Waals surface area contributed by atoms with Crippen molar-refractivity contribution in [2.45, 2.75) is 30.2 Å². The molecule has 146 valence electrons. The maximum Gasteiger partial charge on any atom is 0.446 e. The Labute approximate surface area is 163 Å². The second-order valence-corrected chi connectivity index (χ2v) is 6.99. The van der Waals surface area contributed by atoms with Gasteiger partial charge in [-0.25, -0.2) is 0 Å². The number of halogens is 3. The highest BCUT2D eigenvalue weighted by atomic mass is 32.2. The maximum absolute atomic E-state index is 12.6. The zero-order chi connectivity index (χ0) is 20.1. The van der Waals surface area contributed by atoms with Crippen LogP contribution in [0, 0.1) is 0 Å². The number of nitrogens with one attached hydrogen (secondary N) is 1. The number of benzene rings is 2. The van der Waals surface area contributed by atoms with E-state index in [1.165, 1.54) is 18.2 Å². The van der Waals surface area contributed by atoms with Crippen molar-refractivity contribution < 1.29 is 22.4 Å². The Morgan fingerprint density at radius 1 is 1.14 bits per heavy atom. The summed E-state index contributed by atoms with van der Waals surface area (Å²) in [7, 11) is 0. The molecule has 1 amide bonds. The Morgan fingerprint density at radius 2 is 1.89 bits per heavy atom. The highest BCUT2D eigenvalue weighted by Gasteiger charge is 2.29. The minimum atomic E-state index is -4.38. The molecule has 0 aliphatic heterocycles. The van der Waals surface area contributed by atoms with Crippen LogP contribution in [-0.2, 0) is 6.42 Å². The van der Waals surface area contributed by atoms with Gasteiger partial charge < -0.3 is 4.42 Å². The SMILES string of the molecule is CCCc1cc(SC(F)(F)F)ccc1C(=O)Nc1nnc(-c2ccccc2)o1. The van der Waals surface area contributed by atoms with E-state index in [9.17, 15) is 18.0 Å². The van der Waals surface area contributed by atoms with Crippen LogP contribution in [0.15, 0.2) is 57.8 Å². The highest BCUT2D eigenvalue weighted by Crippen LogP contribution is 2.37. The maximum atomic E-state index is 12.6. The first-order valence-corrected chi connectivity index (χ1v) is 9.26. The molecule has 3 rings (SSSR count). The van der Waals surface area contributed by atoms with E-state index in [0.29, 0.717) is 24.0 Å². The van der Waals surface area contributed by atoms with Crippen LogP contribution < -0.4 is 5.32 Å². The molecule has 0 aliphatic carbocycles. The fraction of sp³-hybridized carbons (Fsp3) is 0.211. The largest absolute Gasteiger partial charge is 0.446 e. The minimum absolute atomic E-state index is 0.0386. The second-order valence-electron chi connectivity index (χ2n) is 5.85. The van der Waals surface area contributed by atoms with Crippen LogP contribution in [-0.4, -0.2) is 21.6 Å². The Balaban J connectivity index is 1.79. The zero-order valence-electron chi connectivity index (χ0n) is 14.8. The van der Waals surface area contributed by atoms with E-state index in [4.69, 9.17) is 4.42 Å². The van der Waals surface area contributed by atoms with Crippen molar-refractivity contribution in [2.24, 2.45) is 0 Å². The van der Waals surface area contributed by atoms with Crippen molar-refractivity contribution in [3.05, 3.63) is 59.7 Å². The minimum Gasteiger partial charge on any atom is -0.403 e. The summed E-state index contributed by atoms with van der Waals surface area (Å²) in [5.41, 5.74) is -2.88. The van der Waals surface area contributed by atoms with Gasteiger partial charge in [0.15, 0.2) is 0 Å². The molecule has 0 aliphatic rings. The molecule has 28 heavy (non-hydrogen) atoms. The molecule has 0 atom stereocenters. The summed E-state index contributed by atoms with van der Waals surface area (Å²) in [4.78, 5) is 12.6. The number of anilines is 1. The number of thioether (sulfide) groups is 1. The number of carbonyl (C=O) groups is 1. The number of amides is 1. The predicted octanol–water partition coefficient (Wildman–Crippen LogP) is 5.55. The average Bonchev–Trinajstić information content (AvgIpc) is 3.10. The standard InChI is InChI=1S/C19H16F3N3O2S/c1-2-6-13-11-14(28-19(20,21)22)9-10-15(13)16(26)23-18-25-24-17(27-18)12-7-4-3-5-8-12/h3-5,7-11H,2,6H2,1H3,(H,23,25,26). The Kier molecular flexibility index (Phi) is 6.03. The molecule has 0 saturated carbocycles. The first-order chi connectivity index (χ1) is 13.4. The number of aromatic nitrogens is 2. The lowest BCUT2D eigenvalue weighted by Crippen LogP contribution is -2.15. The molecule has 0 saturated heterocycles. The molecule has 0 bridgehead atoms. The van der Waals surface area contributed by atoms with Gasteiger partial charge in [0.25, 0.3) is 5.91 Å². The van der Waals surface area contributed by atoms with Gasteiger partial charge in [0, 0.05) is 16.0 Å². The van der Waals surface area contributed by atoms with E-state index in [2.05, 4.69) is 15.5 Å². The van der Waals surface area contributed by atoms with Gasteiger partial charge in [-0.05, 0) is 54.1 Å². The van der Waals surface area contributed by atoms with Crippen LogP contribution in [0.4, 0.5) is 19.2 Å². The summed E-state index contributed by atoms with van der Waals surface area (Å²) < 4.78 is 43.3. The third-order valence-electron chi connectivity index (χ3n) is 3.74. The molecule has 0 fully saturated rings. The summed E-state index contributed by atoms with van der Waals surface area (Å²) in [6.07, 6.45) is 1.15. The lowest BCUT2D eigenvalue weighted by molar-refractivity contribution is -0.0328. The Morgan fingerprint density at radius 3 is 2.57 bits per heavy atom. The molecule has 1 aromatic heterocycles. The normalized spacial score (nSPS) is 11.4. The summed E-state index contributed by atoms with van der Waals surface area (Å²) in [6, 6.07) is 13.0. The van der Waals surface area contributed by atoms with Crippen LogP contribution in [0.1, 0.15) is 29.3 Å². The van der Waals surface area contributed by atoms with Gasteiger partial charge in [-0.1, -0.05) is 36.6 Å². The van der Waals surface area contributed by atoms with Crippen LogP contribution in [0.3, 0.4) is 0 Å². The third-order valence-corrected chi connectivity index (χ3v) is 4.46. The number of aryl methyl sites for hydroxylation is 1. The molecule has 9 heteroatoms. The van der Waals surface area contributed by atoms with Crippen LogP contribution in [0.2, 0.25) is 0 Å². The van der Waals surface area contributed by atoms with Gasteiger partial charge in [-0.3, -0.25) is 10.1 Å². The van der Waals surface area contributed by atoms with Gasteiger partial charge in [-0.15, -0.1) is 5.10 Å².